The smallest absolute Gasteiger partial charge is 0.353 e. The maximum Gasteiger partial charge on any atom is 0.353 e. The van der Waals surface area contributed by atoms with Crippen LogP contribution in [0.3, 0.4) is 0 Å². The summed E-state index contributed by atoms with van der Waals surface area (Å²) in [7, 11) is 4.47. The predicted molar refractivity (Wildman–Crippen MR) is 113 cm³/mol. The van der Waals surface area contributed by atoms with E-state index in [4.69, 9.17) is 27.9 Å². The lowest BCUT2D eigenvalue weighted by atomic mass is 9.87. The molecular weight excluding hydrogens is 412 g/mol. The Morgan fingerprint density at radius 1 is 1.00 bits per heavy atom. The average Bonchev–Trinajstić information content (AvgIpc) is 2.84. The number of halogens is 3. The topological polar surface area (TPSA) is 26.3 Å². The van der Waals surface area contributed by atoms with Gasteiger partial charge in [-0.1, -0.05) is 47.5 Å². The number of quaternary nitrogens is 1. The molecule has 2 bridgehead atoms. The Kier molecular flexibility index (Phi) is 5.39. The molecule has 29 heavy (non-hydrogen) atoms. The Bertz CT molecular complexity index is 871. The zero-order valence-electron chi connectivity index (χ0n) is 16.6. The summed E-state index contributed by atoms with van der Waals surface area (Å²) in [5.41, 5.74) is -2.18. The highest BCUT2D eigenvalue weighted by Crippen LogP contribution is 2.43. The molecule has 6 heteroatoms. The number of alkyl halides is 1. The van der Waals surface area contributed by atoms with Crippen LogP contribution in [0.2, 0.25) is 10.0 Å². The highest BCUT2D eigenvalue weighted by molar-refractivity contribution is 6.31. The van der Waals surface area contributed by atoms with Crippen LogP contribution in [0.1, 0.15) is 36.8 Å². The van der Waals surface area contributed by atoms with Gasteiger partial charge in [0.15, 0.2) is 0 Å². The molecule has 2 aliphatic rings. The van der Waals surface area contributed by atoms with Crippen molar-refractivity contribution in [3.05, 3.63) is 69.7 Å². The van der Waals surface area contributed by atoms with E-state index in [0.29, 0.717) is 22.1 Å². The van der Waals surface area contributed by atoms with Crippen LogP contribution >= 0.6 is 23.2 Å². The van der Waals surface area contributed by atoms with Crippen molar-refractivity contribution in [1.29, 1.82) is 0 Å². The summed E-state index contributed by atoms with van der Waals surface area (Å²) in [6.45, 7) is 0. The van der Waals surface area contributed by atoms with E-state index in [1.54, 1.807) is 36.4 Å². The third kappa shape index (κ3) is 3.67. The third-order valence-corrected chi connectivity index (χ3v) is 7.26. The van der Waals surface area contributed by atoms with Crippen LogP contribution in [0.4, 0.5) is 4.39 Å². The number of nitrogens with zero attached hydrogens (tertiary/aromatic N) is 1. The minimum Gasteiger partial charge on any atom is -0.459 e. The number of esters is 1. The molecule has 0 amide bonds. The predicted octanol–water partition coefficient (Wildman–Crippen LogP) is 5.52. The lowest BCUT2D eigenvalue weighted by Gasteiger charge is -2.44. The molecule has 2 unspecified atom stereocenters. The SMILES string of the molecule is C[N+]1(C)C2CC[C@@H]1CC(OC(=O)C(F)(c1cccc(Cl)c1)c1cccc(Cl)c1)C2. The Hall–Kier alpha value is -1.62. The molecular formula is C23H25Cl2FNO2+. The first-order chi connectivity index (χ1) is 13.7. The first-order valence-electron chi connectivity index (χ1n) is 9.96. The van der Waals surface area contributed by atoms with Crippen LogP contribution in [0.15, 0.2) is 48.5 Å². The molecule has 2 aromatic carbocycles. The van der Waals surface area contributed by atoms with Gasteiger partial charge in [-0.25, -0.2) is 9.18 Å². The summed E-state index contributed by atoms with van der Waals surface area (Å²) in [5.74, 6) is -0.904. The number of hydrogen-bond donors (Lipinski definition) is 0. The van der Waals surface area contributed by atoms with E-state index in [9.17, 15) is 4.79 Å². The van der Waals surface area contributed by atoms with Crippen LogP contribution in [0, 0.1) is 0 Å². The molecule has 0 spiro atoms. The van der Waals surface area contributed by atoms with E-state index in [1.165, 1.54) is 12.1 Å². The van der Waals surface area contributed by atoms with Gasteiger partial charge in [0.05, 0.1) is 26.2 Å². The maximum atomic E-state index is 16.5. The number of hydrogen-bond acceptors (Lipinski definition) is 2. The minimum absolute atomic E-state index is 0.146. The quantitative estimate of drug-likeness (QED) is 0.465. The van der Waals surface area contributed by atoms with Gasteiger partial charge in [-0.3, -0.25) is 0 Å². The molecule has 0 radical (unpaired) electrons. The number of rotatable bonds is 4. The molecule has 2 aliphatic heterocycles. The van der Waals surface area contributed by atoms with Gasteiger partial charge in [0.1, 0.15) is 6.10 Å². The standard InChI is InChI=1S/C23H25Cl2FNO2/c1-27(2)19-9-10-20(27)14-21(13-19)29-22(28)23(26,15-5-3-7-17(24)11-15)16-6-4-8-18(25)12-16/h3-8,11-12,19-21H,9-10,13-14H2,1-2H3/q+1/t19-,20?,21?/m1/s1. The molecule has 3 atom stereocenters. The summed E-state index contributed by atoms with van der Waals surface area (Å²) in [5, 5.41) is 0.711. The summed E-state index contributed by atoms with van der Waals surface area (Å²) >= 11 is 12.2. The van der Waals surface area contributed by atoms with Gasteiger partial charge in [-0.15, -0.1) is 0 Å². The molecule has 0 saturated carbocycles. The van der Waals surface area contributed by atoms with Gasteiger partial charge in [0.2, 0.25) is 0 Å². The molecule has 4 rings (SSSR count). The van der Waals surface area contributed by atoms with E-state index in [1.807, 2.05) is 0 Å². The normalized spacial score (nSPS) is 25.6. The van der Waals surface area contributed by atoms with Gasteiger partial charge in [0.25, 0.3) is 5.67 Å². The van der Waals surface area contributed by atoms with Crippen molar-refractivity contribution >= 4 is 29.2 Å². The van der Waals surface area contributed by atoms with Crippen LogP contribution in [0.25, 0.3) is 0 Å². The van der Waals surface area contributed by atoms with Crippen molar-refractivity contribution in [3.63, 3.8) is 0 Å². The van der Waals surface area contributed by atoms with E-state index in [2.05, 4.69) is 14.1 Å². The molecule has 0 aliphatic carbocycles. The van der Waals surface area contributed by atoms with Crippen molar-refractivity contribution in [2.45, 2.75) is 49.5 Å². The highest BCUT2D eigenvalue weighted by Gasteiger charge is 2.52. The second-order valence-electron chi connectivity index (χ2n) is 8.69. The van der Waals surface area contributed by atoms with Crippen LogP contribution < -0.4 is 0 Å². The maximum absolute atomic E-state index is 16.5. The fourth-order valence-electron chi connectivity index (χ4n) is 4.97. The zero-order valence-corrected chi connectivity index (χ0v) is 18.1. The fraction of sp³-hybridized carbons (Fsp3) is 0.435. The largest absolute Gasteiger partial charge is 0.459 e. The average molecular weight is 437 g/mol. The molecule has 2 heterocycles. The fourth-order valence-corrected chi connectivity index (χ4v) is 5.35. The highest BCUT2D eigenvalue weighted by atomic mass is 35.5. The van der Waals surface area contributed by atoms with Gasteiger partial charge in [0, 0.05) is 46.9 Å². The molecule has 154 valence electrons. The number of benzene rings is 2. The molecule has 0 N–H and O–H groups in total. The van der Waals surface area contributed by atoms with Crippen molar-refractivity contribution in [1.82, 2.24) is 0 Å². The monoisotopic (exact) mass is 436 g/mol. The van der Waals surface area contributed by atoms with Crippen molar-refractivity contribution in [3.8, 4) is 0 Å². The van der Waals surface area contributed by atoms with E-state index >= 15 is 4.39 Å². The van der Waals surface area contributed by atoms with Crippen molar-refractivity contribution in [2.24, 2.45) is 0 Å². The van der Waals surface area contributed by atoms with Crippen LogP contribution in [-0.2, 0) is 15.2 Å². The number of carbonyl (C=O) groups is 1. The number of carbonyl (C=O) groups excluding carboxylic acids is 1. The number of fused-ring (bicyclic) bond motifs is 2. The lowest BCUT2D eigenvalue weighted by molar-refractivity contribution is -0.931. The van der Waals surface area contributed by atoms with E-state index in [0.717, 1.165) is 30.2 Å². The second kappa shape index (κ2) is 7.57. The van der Waals surface area contributed by atoms with E-state index in [-0.39, 0.29) is 17.2 Å². The second-order valence-corrected chi connectivity index (χ2v) is 9.56. The van der Waals surface area contributed by atoms with Crippen LogP contribution in [0.5, 0.6) is 0 Å². The lowest BCUT2D eigenvalue weighted by Crippen LogP contribution is -2.56. The summed E-state index contributed by atoms with van der Waals surface area (Å²) in [4.78, 5) is 13.3. The third-order valence-electron chi connectivity index (χ3n) is 6.79. The van der Waals surface area contributed by atoms with Crippen molar-refractivity contribution < 1.29 is 18.4 Å². The Labute approximate surface area is 181 Å². The van der Waals surface area contributed by atoms with Gasteiger partial charge in [-0.05, 0) is 24.3 Å². The molecule has 2 aromatic rings. The number of ether oxygens (including phenoxy) is 1. The Morgan fingerprint density at radius 3 is 1.93 bits per heavy atom. The van der Waals surface area contributed by atoms with Crippen molar-refractivity contribution in [2.75, 3.05) is 14.1 Å². The Balaban J connectivity index is 1.66. The molecule has 0 aromatic heterocycles. The van der Waals surface area contributed by atoms with Crippen LogP contribution in [-0.4, -0.2) is 42.7 Å². The molecule has 3 nitrogen and oxygen atoms in total. The van der Waals surface area contributed by atoms with Gasteiger partial charge < -0.3 is 9.22 Å². The zero-order chi connectivity index (χ0) is 20.8. The number of piperidine rings is 1. The van der Waals surface area contributed by atoms with Gasteiger partial charge in [-0.2, -0.15) is 0 Å². The van der Waals surface area contributed by atoms with E-state index < -0.39 is 11.6 Å². The first kappa shape index (κ1) is 20.6. The summed E-state index contributed by atoms with van der Waals surface area (Å²) in [6, 6.07) is 13.5. The first-order valence-corrected chi connectivity index (χ1v) is 10.7. The summed E-state index contributed by atoms with van der Waals surface area (Å²) in [6.07, 6.45) is 3.48. The molecule has 2 fully saturated rings. The molecule has 2 saturated heterocycles. The minimum atomic E-state index is -2.48. The Morgan fingerprint density at radius 2 is 1.48 bits per heavy atom. The summed E-state index contributed by atoms with van der Waals surface area (Å²) < 4.78 is 23.3. The van der Waals surface area contributed by atoms with Gasteiger partial charge >= 0.3 is 5.97 Å².